The molecule has 0 aliphatic heterocycles. The maximum atomic E-state index is 4.35. The number of imidazole rings is 1. The first-order valence-corrected chi connectivity index (χ1v) is 5.34. The Labute approximate surface area is 89.6 Å². The number of unbranched alkanes of at least 4 members (excludes halogenated alkanes) is 1. The third-order valence-electron chi connectivity index (χ3n) is 2.37. The van der Waals surface area contributed by atoms with Gasteiger partial charge in [0.2, 0.25) is 0 Å². The Hall–Kier alpha value is -1.64. The Morgan fingerprint density at radius 2 is 2.27 bits per heavy atom. The van der Waals surface area contributed by atoms with Crippen molar-refractivity contribution in [3.05, 3.63) is 36.5 Å². The number of nitrogens with one attached hydrogen (secondary N) is 1. The fourth-order valence-corrected chi connectivity index (χ4v) is 1.50. The van der Waals surface area contributed by atoms with Gasteiger partial charge in [-0.25, -0.2) is 4.98 Å². The highest BCUT2D eigenvalue weighted by Gasteiger charge is 2.02. The van der Waals surface area contributed by atoms with E-state index in [-0.39, 0.29) is 0 Å². The van der Waals surface area contributed by atoms with Crippen LogP contribution in [0.15, 0.2) is 30.7 Å². The molecule has 0 saturated carbocycles. The van der Waals surface area contributed by atoms with E-state index in [1.54, 1.807) is 6.20 Å². The monoisotopic (exact) mass is 201 g/mol. The molecular formula is C12H15N3. The largest absolute Gasteiger partial charge is 0.342 e. The molecule has 15 heavy (non-hydrogen) atoms. The highest BCUT2D eigenvalue weighted by molar-refractivity contribution is 5.56. The molecule has 0 fully saturated rings. The normalized spacial score (nSPS) is 10.5. The Kier molecular flexibility index (Phi) is 3.12. The molecule has 0 saturated heterocycles. The van der Waals surface area contributed by atoms with Crippen LogP contribution in [0.2, 0.25) is 0 Å². The summed E-state index contributed by atoms with van der Waals surface area (Å²) >= 11 is 0. The fourth-order valence-electron chi connectivity index (χ4n) is 1.50. The number of hydrogen-bond donors (Lipinski definition) is 1. The number of nitrogens with zero attached hydrogens (tertiary/aromatic N) is 2. The van der Waals surface area contributed by atoms with Crippen LogP contribution in [0.1, 0.15) is 25.6 Å². The van der Waals surface area contributed by atoms with Crippen molar-refractivity contribution in [3.8, 4) is 11.3 Å². The molecule has 0 unspecified atom stereocenters. The number of pyridine rings is 1. The lowest BCUT2D eigenvalue weighted by molar-refractivity contribution is 0.763. The van der Waals surface area contributed by atoms with Crippen molar-refractivity contribution in [1.29, 1.82) is 0 Å². The molecule has 3 nitrogen and oxygen atoms in total. The van der Waals surface area contributed by atoms with Gasteiger partial charge in [-0.15, -0.1) is 0 Å². The molecule has 2 aromatic rings. The van der Waals surface area contributed by atoms with Gasteiger partial charge < -0.3 is 4.98 Å². The number of aryl methyl sites for hydroxylation is 1. The van der Waals surface area contributed by atoms with Crippen molar-refractivity contribution in [2.45, 2.75) is 26.2 Å². The molecule has 0 aliphatic rings. The zero-order valence-corrected chi connectivity index (χ0v) is 8.90. The molecule has 0 aliphatic carbocycles. The quantitative estimate of drug-likeness (QED) is 0.826. The molecule has 0 atom stereocenters. The predicted octanol–water partition coefficient (Wildman–Crippen LogP) is 2.81. The van der Waals surface area contributed by atoms with Crippen molar-refractivity contribution in [2.24, 2.45) is 0 Å². The lowest BCUT2D eigenvalue weighted by Crippen LogP contribution is -1.87. The second-order valence-electron chi connectivity index (χ2n) is 3.59. The molecule has 1 N–H and O–H groups in total. The third-order valence-corrected chi connectivity index (χ3v) is 2.37. The van der Waals surface area contributed by atoms with Crippen molar-refractivity contribution in [2.75, 3.05) is 0 Å². The highest BCUT2D eigenvalue weighted by atomic mass is 14.9. The lowest BCUT2D eigenvalue weighted by Gasteiger charge is -1.95. The van der Waals surface area contributed by atoms with Crippen molar-refractivity contribution in [3.63, 3.8) is 0 Å². The van der Waals surface area contributed by atoms with Gasteiger partial charge >= 0.3 is 0 Å². The molecule has 3 heteroatoms. The summed E-state index contributed by atoms with van der Waals surface area (Å²) < 4.78 is 0. The van der Waals surface area contributed by atoms with Gasteiger partial charge in [0.15, 0.2) is 0 Å². The van der Waals surface area contributed by atoms with E-state index in [0.29, 0.717) is 0 Å². The maximum Gasteiger partial charge on any atom is 0.106 e. The topological polar surface area (TPSA) is 41.6 Å². The Morgan fingerprint density at radius 3 is 3.00 bits per heavy atom. The van der Waals surface area contributed by atoms with Gasteiger partial charge in [-0.1, -0.05) is 13.3 Å². The summed E-state index contributed by atoms with van der Waals surface area (Å²) in [6.07, 6.45) is 8.90. The number of aromatic nitrogens is 3. The standard InChI is InChI=1S/C12H15N3/c1-2-3-6-12-14-9-11(15-12)10-5-4-7-13-8-10/h4-5,7-9H,2-3,6H2,1H3,(H,14,15). The predicted molar refractivity (Wildman–Crippen MR) is 60.4 cm³/mol. The van der Waals surface area contributed by atoms with Crippen molar-refractivity contribution in [1.82, 2.24) is 15.0 Å². The minimum absolute atomic E-state index is 1.02. The minimum Gasteiger partial charge on any atom is -0.342 e. The van der Waals surface area contributed by atoms with E-state index in [1.165, 1.54) is 12.8 Å². The van der Waals surface area contributed by atoms with Crippen LogP contribution in [0.25, 0.3) is 11.3 Å². The Balaban J connectivity index is 2.14. The second-order valence-corrected chi connectivity index (χ2v) is 3.59. The summed E-state index contributed by atoms with van der Waals surface area (Å²) in [5, 5.41) is 0. The molecule has 2 heterocycles. The zero-order chi connectivity index (χ0) is 10.5. The number of H-pyrrole nitrogens is 1. The van der Waals surface area contributed by atoms with Crippen LogP contribution in [0.5, 0.6) is 0 Å². The van der Waals surface area contributed by atoms with Crippen LogP contribution in [0.3, 0.4) is 0 Å². The lowest BCUT2D eigenvalue weighted by atomic mass is 10.2. The van der Waals surface area contributed by atoms with Crippen LogP contribution in [0.4, 0.5) is 0 Å². The Bertz CT molecular complexity index is 406. The molecule has 0 bridgehead atoms. The molecule has 0 spiro atoms. The van der Waals surface area contributed by atoms with Crippen LogP contribution >= 0.6 is 0 Å². The molecular weight excluding hydrogens is 186 g/mol. The summed E-state index contributed by atoms with van der Waals surface area (Å²) in [4.78, 5) is 11.7. The van der Waals surface area contributed by atoms with E-state index in [4.69, 9.17) is 0 Å². The van der Waals surface area contributed by atoms with Crippen molar-refractivity contribution >= 4 is 0 Å². The second kappa shape index (κ2) is 4.73. The number of aromatic amines is 1. The van der Waals surface area contributed by atoms with Crippen LogP contribution in [0, 0.1) is 0 Å². The summed E-state index contributed by atoms with van der Waals surface area (Å²) in [5.74, 6) is 1.07. The summed E-state index contributed by atoms with van der Waals surface area (Å²) in [6, 6.07) is 3.96. The van der Waals surface area contributed by atoms with Gasteiger partial charge in [0, 0.05) is 24.4 Å². The molecule has 2 aromatic heterocycles. The summed E-state index contributed by atoms with van der Waals surface area (Å²) in [5.41, 5.74) is 2.14. The average molecular weight is 201 g/mol. The smallest absolute Gasteiger partial charge is 0.106 e. The van der Waals surface area contributed by atoms with Crippen LogP contribution in [-0.2, 0) is 6.42 Å². The van der Waals surface area contributed by atoms with Crippen LogP contribution in [-0.4, -0.2) is 15.0 Å². The Morgan fingerprint density at radius 1 is 1.33 bits per heavy atom. The van der Waals surface area contributed by atoms with E-state index in [0.717, 1.165) is 23.5 Å². The van der Waals surface area contributed by atoms with Gasteiger partial charge in [-0.05, 0) is 18.6 Å². The van der Waals surface area contributed by atoms with Gasteiger partial charge in [-0.2, -0.15) is 0 Å². The van der Waals surface area contributed by atoms with E-state index in [9.17, 15) is 0 Å². The molecule has 2 rings (SSSR count). The molecule has 78 valence electrons. The van der Waals surface area contributed by atoms with E-state index >= 15 is 0 Å². The van der Waals surface area contributed by atoms with Crippen molar-refractivity contribution < 1.29 is 0 Å². The number of rotatable bonds is 4. The SMILES string of the molecule is CCCCc1ncc(-c2cccnc2)[nH]1. The van der Waals surface area contributed by atoms with E-state index in [1.807, 2.05) is 24.5 Å². The van der Waals surface area contributed by atoms with Gasteiger partial charge in [-0.3, -0.25) is 4.98 Å². The molecule has 0 radical (unpaired) electrons. The molecule has 0 aromatic carbocycles. The zero-order valence-electron chi connectivity index (χ0n) is 8.90. The maximum absolute atomic E-state index is 4.35. The van der Waals surface area contributed by atoms with Gasteiger partial charge in [0.05, 0.1) is 11.9 Å². The van der Waals surface area contributed by atoms with Gasteiger partial charge in [0.1, 0.15) is 5.82 Å². The number of hydrogen-bond acceptors (Lipinski definition) is 2. The highest BCUT2D eigenvalue weighted by Crippen LogP contribution is 2.15. The minimum atomic E-state index is 1.02. The first kappa shape index (κ1) is 9.90. The molecule has 0 amide bonds. The first-order chi connectivity index (χ1) is 7.40. The summed E-state index contributed by atoms with van der Waals surface area (Å²) in [7, 11) is 0. The van der Waals surface area contributed by atoms with E-state index < -0.39 is 0 Å². The first-order valence-electron chi connectivity index (χ1n) is 5.34. The van der Waals surface area contributed by atoms with Crippen LogP contribution < -0.4 is 0 Å². The summed E-state index contributed by atoms with van der Waals surface area (Å²) in [6.45, 7) is 2.19. The van der Waals surface area contributed by atoms with E-state index in [2.05, 4.69) is 21.9 Å². The fraction of sp³-hybridized carbons (Fsp3) is 0.333. The van der Waals surface area contributed by atoms with Gasteiger partial charge in [0.25, 0.3) is 0 Å². The average Bonchev–Trinajstić information content (AvgIpc) is 2.76. The third kappa shape index (κ3) is 2.43.